The molecule has 2 heteroatoms. The molecule has 13 heavy (non-hydrogen) atoms. The van der Waals surface area contributed by atoms with Crippen molar-refractivity contribution >= 4 is 5.78 Å². The molecule has 1 aliphatic rings. The van der Waals surface area contributed by atoms with Crippen LogP contribution in [0.4, 0.5) is 0 Å². The van der Waals surface area contributed by atoms with Crippen LogP contribution in [0, 0.1) is 5.92 Å². The molecule has 0 aromatic heterocycles. The van der Waals surface area contributed by atoms with E-state index in [1.807, 2.05) is 0 Å². The Labute approximate surface area is 81.3 Å². The molecule has 0 spiro atoms. The van der Waals surface area contributed by atoms with E-state index in [-0.39, 0.29) is 0 Å². The van der Waals surface area contributed by atoms with E-state index in [9.17, 15) is 4.79 Å². The Balaban J connectivity index is 2.30. The smallest absolute Gasteiger partial charge is 0.146 e. The minimum absolute atomic E-state index is 0.428. The number of Topliss-reactive ketones (excluding diaryl/α,β-unsaturated/α-hetero) is 1. The number of hydrogen-bond acceptors (Lipinski definition) is 2. The van der Waals surface area contributed by atoms with E-state index in [0.29, 0.717) is 12.3 Å². The van der Waals surface area contributed by atoms with Gasteiger partial charge in [0.1, 0.15) is 5.78 Å². The summed E-state index contributed by atoms with van der Waals surface area (Å²) in [7, 11) is 0. The molecule has 1 heterocycles. The van der Waals surface area contributed by atoms with E-state index in [1.54, 1.807) is 0 Å². The molecule has 76 valence electrons. The second-order valence-electron chi connectivity index (χ2n) is 4.06. The highest BCUT2D eigenvalue weighted by Gasteiger charge is 2.18. The molecule has 0 atom stereocenters. The number of rotatable bonds is 4. The summed E-state index contributed by atoms with van der Waals surface area (Å²) in [6.07, 6.45) is 4.35. The molecule has 0 radical (unpaired) electrons. The van der Waals surface area contributed by atoms with Gasteiger partial charge in [-0.1, -0.05) is 26.7 Å². The van der Waals surface area contributed by atoms with Gasteiger partial charge in [0, 0.05) is 13.0 Å². The lowest BCUT2D eigenvalue weighted by atomic mass is 10.0. The van der Waals surface area contributed by atoms with Gasteiger partial charge in [-0.3, -0.25) is 9.69 Å². The molecule has 1 saturated heterocycles. The van der Waals surface area contributed by atoms with Gasteiger partial charge in [-0.25, -0.2) is 0 Å². The van der Waals surface area contributed by atoms with Crippen molar-refractivity contribution < 1.29 is 4.79 Å². The normalized spacial score (nSPS) is 19.8. The van der Waals surface area contributed by atoms with Crippen molar-refractivity contribution in [2.24, 2.45) is 5.92 Å². The van der Waals surface area contributed by atoms with Crippen LogP contribution in [0.3, 0.4) is 0 Å². The molecular formula is C11H21NO. The van der Waals surface area contributed by atoms with Crippen LogP contribution in [0.15, 0.2) is 0 Å². The number of likely N-dealkylation sites (tertiary alicyclic amines) is 1. The number of piperidine rings is 1. The highest BCUT2D eigenvalue weighted by molar-refractivity contribution is 5.81. The van der Waals surface area contributed by atoms with Crippen LogP contribution in [0.5, 0.6) is 0 Å². The molecule has 0 aromatic rings. The van der Waals surface area contributed by atoms with Crippen molar-refractivity contribution in [1.29, 1.82) is 0 Å². The first kappa shape index (κ1) is 10.7. The maximum Gasteiger partial charge on any atom is 0.146 e. The molecule has 0 aromatic carbocycles. The number of nitrogens with zero attached hydrogens (tertiary/aromatic N) is 1. The van der Waals surface area contributed by atoms with Gasteiger partial charge in [-0.05, 0) is 18.9 Å². The quantitative estimate of drug-likeness (QED) is 0.665. The molecule has 0 aliphatic carbocycles. The van der Waals surface area contributed by atoms with E-state index in [1.165, 1.54) is 12.8 Å². The van der Waals surface area contributed by atoms with E-state index >= 15 is 0 Å². The molecule has 0 saturated carbocycles. The Bertz CT molecular complexity index is 163. The van der Waals surface area contributed by atoms with Crippen LogP contribution < -0.4 is 0 Å². The van der Waals surface area contributed by atoms with Crippen LogP contribution >= 0.6 is 0 Å². The van der Waals surface area contributed by atoms with Gasteiger partial charge in [-0.15, -0.1) is 0 Å². The number of ketones is 1. The maximum atomic E-state index is 11.2. The van der Waals surface area contributed by atoms with Crippen LogP contribution in [0.2, 0.25) is 0 Å². The van der Waals surface area contributed by atoms with Gasteiger partial charge in [0.15, 0.2) is 0 Å². The number of hydrogen-bond donors (Lipinski definition) is 0. The predicted molar refractivity (Wildman–Crippen MR) is 54.8 cm³/mol. The first-order valence-electron chi connectivity index (χ1n) is 5.50. The second kappa shape index (κ2) is 5.38. The van der Waals surface area contributed by atoms with Crippen LogP contribution in [0.25, 0.3) is 0 Å². The van der Waals surface area contributed by atoms with Crippen LogP contribution in [-0.2, 0) is 4.79 Å². The van der Waals surface area contributed by atoms with Gasteiger partial charge >= 0.3 is 0 Å². The molecule has 1 fully saturated rings. The molecule has 1 rings (SSSR count). The summed E-state index contributed by atoms with van der Waals surface area (Å²) >= 11 is 0. The zero-order valence-corrected chi connectivity index (χ0v) is 8.88. The first-order chi connectivity index (χ1) is 6.26. The summed E-state index contributed by atoms with van der Waals surface area (Å²) in [5.74, 6) is 1.21. The summed E-state index contributed by atoms with van der Waals surface area (Å²) in [5, 5.41) is 0. The Kier molecular flexibility index (Phi) is 4.43. The largest absolute Gasteiger partial charge is 0.298 e. The fourth-order valence-corrected chi connectivity index (χ4v) is 1.98. The van der Waals surface area contributed by atoms with E-state index in [4.69, 9.17) is 0 Å². The Morgan fingerprint density at radius 1 is 1.38 bits per heavy atom. The Hall–Kier alpha value is -0.370. The molecule has 0 unspecified atom stereocenters. The topological polar surface area (TPSA) is 20.3 Å². The third-order valence-electron chi connectivity index (χ3n) is 3.00. The number of carbonyl (C=O) groups excluding carboxylic acids is 1. The summed E-state index contributed by atoms with van der Waals surface area (Å²) in [5.41, 5.74) is 0. The summed E-state index contributed by atoms with van der Waals surface area (Å²) in [6.45, 7) is 7.43. The van der Waals surface area contributed by atoms with Gasteiger partial charge in [-0.2, -0.15) is 0 Å². The summed E-state index contributed by atoms with van der Waals surface area (Å²) in [6, 6.07) is 0. The molecule has 0 bridgehead atoms. The van der Waals surface area contributed by atoms with E-state index in [2.05, 4.69) is 18.7 Å². The zero-order valence-electron chi connectivity index (χ0n) is 8.88. The van der Waals surface area contributed by atoms with Gasteiger partial charge < -0.3 is 0 Å². The molecule has 2 nitrogen and oxygen atoms in total. The third kappa shape index (κ3) is 3.47. The molecule has 0 N–H and O–H groups in total. The van der Waals surface area contributed by atoms with Crippen molar-refractivity contribution in [2.75, 3.05) is 19.6 Å². The molecular weight excluding hydrogens is 162 g/mol. The Morgan fingerprint density at radius 2 is 2.08 bits per heavy atom. The fourth-order valence-electron chi connectivity index (χ4n) is 1.98. The highest BCUT2D eigenvalue weighted by atomic mass is 16.1. The highest BCUT2D eigenvalue weighted by Crippen LogP contribution is 2.13. The lowest BCUT2D eigenvalue weighted by Gasteiger charge is -2.28. The third-order valence-corrected chi connectivity index (χ3v) is 3.00. The summed E-state index contributed by atoms with van der Waals surface area (Å²) in [4.78, 5) is 13.5. The molecule has 1 aliphatic heterocycles. The van der Waals surface area contributed by atoms with Crippen LogP contribution in [-0.4, -0.2) is 30.3 Å². The average Bonchev–Trinajstić information content (AvgIpc) is 2.14. The minimum atomic E-state index is 0.428. The van der Waals surface area contributed by atoms with E-state index < -0.39 is 0 Å². The van der Waals surface area contributed by atoms with Gasteiger partial charge in [0.05, 0.1) is 6.54 Å². The van der Waals surface area contributed by atoms with E-state index in [0.717, 1.165) is 31.8 Å². The van der Waals surface area contributed by atoms with Crippen molar-refractivity contribution in [3.05, 3.63) is 0 Å². The minimum Gasteiger partial charge on any atom is -0.298 e. The maximum absolute atomic E-state index is 11.2. The SMILES string of the molecule is CCC(CC)CN1CCCC(=O)C1. The predicted octanol–water partition coefficient (Wildman–Crippen LogP) is 2.09. The fraction of sp³-hybridized carbons (Fsp3) is 0.909. The van der Waals surface area contributed by atoms with Crippen molar-refractivity contribution in [2.45, 2.75) is 39.5 Å². The van der Waals surface area contributed by atoms with Crippen molar-refractivity contribution in [3.8, 4) is 0 Å². The summed E-state index contributed by atoms with van der Waals surface area (Å²) < 4.78 is 0. The lowest BCUT2D eigenvalue weighted by molar-refractivity contribution is -0.122. The zero-order chi connectivity index (χ0) is 9.68. The average molecular weight is 183 g/mol. The monoisotopic (exact) mass is 183 g/mol. The Morgan fingerprint density at radius 3 is 2.62 bits per heavy atom. The van der Waals surface area contributed by atoms with Crippen LogP contribution in [0.1, 0.15) is 39.5 Å². The second-order valence-corrected chi connectivity index (χ2v) is 4.06. The first-order valence-corrected chi connectivity index (χ1v) is 5.50. The van der Waals surface area contributed by atoms with Crippen molar-refractivity contribution in [1.82, 2.24) is 4.90 Å². The standard InChI is InChI=1S/C11H21NO/c1-3-10(4-2)8-12-7-5-6-11(13)9-12/h10H,3-9H2,1-2H3. The van der Waals surface area contributed by atoms with Gasteiger partial charge in [0.25, 0.3) is 0 Å². The van der Waals surface area contributed by atoms with Crippen molar-refractivity contribution in [3.63, 3.8) is 0 Å². The van der Waals surface area contributed by atoms with Gasteiger partial charge in [0.2, 0.25) is 0 Å². The lowest BCUT2D eigenvalue weighted by Crippen LogP contribution is -2.38. The molecule has 0 amide bonds. The number of carbonyl (C=O) groups is 1.